The summed E-state index contributed by atoms with van der Waals surface area (Å²) in [4.78, 5) is 25.5. The highest BCUT2D eigenvalue weighted by molar-refractivity contribution is 8.00. The van der Waals surface area contributed by atoms with Crippen LogP contribution >= 0.6 is 11.8 Å². The minimum atomic E-state index is -0.446. The number of thioether (sulfide) groups is 1. The molecule has 0 saturated heterocycles. The number of rotatable bonds is 6. The van der Waals surface area contributed by atoms with Crippen molar-refractivity contribution in [3.8, 4) is 0 Å². The van der Waals surface area contributed by atoms with Crippen LogP contribution in [0, 0.1) is 17.0 Å². The molecule has 1 heterocycles. The lowest BCUT2D eigenvalue weighted by molar-refractivity contribution is -0.384. The van der Waals surface area contributed by atoms with E-state index >= 15 is 0 Å². The molecule has 0 aromatic heterocycles. The van der Waals surface area contributed by atoms with Gasteiger partial charge in [-0.1, -0.05) is 6.92 Å². The summed E-state index contributed by atoms with van der Waals surface area (Å²) in [6, 6.07) is 10.5. The van der Waals surface area contributed by atoms with Crippen LogP contribution in [0.2, 0.25) is 0 Å². The highest BCUT2D eigenvalue weighted by atomic mass is 32.2. The molecule has 0 spiro atoms. The van der Waals surface area contributed by atoms with Crippen molar-refractivity contribution < 1.29 is 9.72 Å². The molecule has 1 atom stereocenters. The predicted octanol–water partition coefficient (Wildman–Crippen LogP) is 4.87. The quantitative estimate of drug-likeness (QED) is 0.300. The molecule has 0 saturated carbocycles. The van der Waals surface area contributed by atoms with Gasteiger partial charge >= 0.3 is 0 Å². The second-order valence-electron chi connectivity index (χ2n) is 8.58. The zero-order valence-electron chi connectivity index (χ0n) is 18.5. The van der Waals surface area contributed by atoms with Gasteiger partial charge in [0.2, 0.25) is 5.91 Å². The summed E-state index contributed by atoms with van der Waals surface area (Å²) in [6.07, 6.45) is 2.77. The van der Waals surface area contributed by atoms with E-state index in [1.807, 2.05) is 6.92 Å². The number of nitro groups is 1. The summed E-state index contributed by atoms with van der Waals surface area (Å²) in [6.45, 7) is 8.83. The zero-order valence-corrected chi connectivity index (χ0v) is 19.3. The topological polar surface area (TPSA) is 87.8 Å². The molecule has 2 aromatic carbocycles. The van der Waals surface area contributed by atoms with Gasteiger partial charge in [0.1, 0.15) is 0 Å². The number of nitrogens with one attached hydrogen (secondary N) is 1. The van der Waals surface area contributed by atoms with Crippen LogP contribution in [0.3, 0.4) is 0 Å². The van der Waals surface area contributed by atoms with Gasteiger partial charge in [-0.25, -0.2) is 5.43 Å². The second kappa shape index (κ2) is 9.09. The highest BCUT2D eigenvalue weighted by Gasteiger charge is 2.34. The summed E-state index contributed by atoms with van der Waals surface area (Å²) in [5.41, 5.74) is 7.35. The minimum Gasteiger partial charge on any atom is -0.369 e. The highest BCUT2D eigenvalue weighted by Crippen LogP contribution is 2.43. The molecule has 3 rings (SSSR count). The Labute approximate surface area is 187 Å². The van der Waals surface area contributed by atoms with Crippen LogP contribution in [0.15, 0.2) is 46.4 Å². The predicted molar refractivity (Wildman–Crippen MR) is 126 cm³/mol. The van der Waals surface area contributed by atoms with E-state index in [-0.39, 0.29) is 22.9 Å². The maximum Gasteiger partial charge on any atom is 0.269 e. The van der Waals surface area contributed by atoms with Crippen molar-refractivity contribution in [1.29, 1.82) is 0 Å². The van der Waals surface area contributed by atoms with E-state index in [9.17, 15) is 14.9 Å². The molecule has 1 N–H and O–H groups in total. The van der Waals surface area contributed by atoms with Crippen molar-refractivity contribution in [2.45, 2.75) is 50.5 Å². The Morgan fingerprint density at radius 2 is 2.03 bits per heavy atom. The Morgan fingerprint density at radius 1 is 1.35 bits per heavy atom. The Balaban J connectivity index is 1.61. The van der Waals surface area contributed by atoms with Crippen LogP contribution in [-0.4, -0.2) is 35.4 Å². The van der Waals surface area contributed by atoms with Crippen molar-refractivity contribution in [3.63, 3.8) is 0 Å². The minimum absolute atomic E-state index is 0.0305. The molecule has 8 heteroatoms. The van der Waals surface area contributed by atoms with Gasteiger partial charge in [-0.2, -0.15) is 5.10 Å². The van der Waals surface area contributed by atoms with Crippen LogP contribution in [0.5, 0.6) is 0 Å². The first kappa shape index (κ1) is 22.8. The molecule has 1 amide bonds. The van der Waals surface area contributed by atoms with Crippen molar-refractivity contribution in [2.24, 2.45) is 5.10 Å². The number of hydrogen-bond acceptors (Lipinski definition) is 6. The molecule has 164 valence electrons. The standard InChI is InChI=1S/C23H28N4O3S/c1-15-10-21-20(16(2)12-23(3,4)26(21)5)11-17(15)13-24-25-22(28)14-31-19-8-6-18(7-9-19)27(29)30/h6-11,13,16H,12,14H2,1-5H3,(H,25,28)/b24-13+. The first-order chi connectivity index (χ1) is 14.6. The monoisotopic (exact) mass is 440 g/mol. The average molecular weight is 441 g/mol. The molecule has 1 aliphatic rings. The van der Waals surface area contributed by atoms with Crippen LogP contribution in [0.25, 0.3) is 0 Å². The Morgan fingerprint density at radius 3 is 2.68 bits per heavy atom. The number of hydrazone groups is 1. The maximum absolute atomic E-state index is 12.1. The van der Waals surface area contributed by atoms with Gasteiger partial charge in [0.15, 0.2) is 0 Å². The number of anilines is 1. The molecular formula is C23H28N4O3S. The third-order valence-corrected chi connectivity index (χ3v) is 6.84. The van der Waals surface area contributed by atoms with E-state index in [2.05, 4.69) is 55.4 Å². The molecule has 0 bridgehead atoms. The number of carbonyl (C=O) groups is 1. The van der Waals surface area contributed by atoms with E-state index < -0.39 is 4.92 Å². The fourth-order valence-electron chi connectivity index (χ4n) is 3.89. The number of nitrogens with zero attached hydrogens (tertiary/aromatic N) is 3. The van der Waals surface area contributed by atoms with Gasteiger partial charge < -0.3 is 4.90 Å². The third-order valence-electron chi connectivity index (χ3n) is 5.83. The lowest BCUT2D eigenvalue weighted by Crippen LogP contribution is -2.45. The summed E-state index contributed by atoms with van der Waals surface area (Å²) in [7, 11) is 2.14. The van der Waals surface area contributed by atoms with Crippen LogP contribution < -0.4 is 10.3 Å². The van der Waals surface area contributed by atoms with E-state index in [1.54, 1.807) is 18.3 Å². The molecule has 0 radical (unpaired) electrons. The van der Waals surface area contributed by atoms with E-state index in [0.29, 0.717) is 5.92 Å². The number of benzene rings is 2. The normalized spacial score (nSPS) is 17.5. The smallest absolute Gasteiger partial charge is 0.269 e. The zero-order chi connectivity index (χ0) is 22.8. The van der Waals surface area contributed by atoms with E-state index in [4.69, 9.17) is 0 Å². The summed E-state index contributed by atoms with van der Waals surface area (Å²) in [5.74, 6) is 0.390. The number of amides is 1. The summed E-state index contributed by atoms with van der Waals surface area (Å²) in [5, 5.41) is 14.8. The SMILES string of the molecule is Cc1cc2c(cc1/C=N/NC(=O)CSc1ccc([N+](=O)[O-])cc1)C(C)CC(C)(C)N2C. The molecule has 31 heavy (non-hydrogen) atoms. The van der Waals surface area contributed by atoms with Gasteiger partial charge in [0.25, 0.3) is 5.69 Å². The van der Waals surface area contributed by atoms with Crippen LogP contribution in [-0.2, 0) is 4.79 Å². The van der Waals surface area contributed by atoms with Gasteiger partial charge in [0.05, 0.1) is 16.9 Å². The van der Waals surface area contributed by atoms with Crippen molar-refractivity contribution in [3.05, 3.63) is 63.2 Å². The van der Waals surface area contributed by atoms with Gasteiger partial charge in [-0.15, -0.1) is 11.8 Å². The number of carbonyl (C=O) groups excluding carboxylic acids is 1. The molecule has 0 aliphatic carbocycles. The Bertz CT molecular complexity index is 1020. The van der Waals surface area contributed by atoms with Gasteiger partial charge in [-0.3, -0.25) is 14.9 Å². The van der Waals surface area contributed by atoms with E-state index in [0.717, 1.165) is 22.4 Å². The van der Waals surface area contributed by atoms with Crippen molar-refractivity contribution >= 4 is 35.3 Å². The number of non-ortho nitro benzene ring substituents is 1. The first-order valence-corrected chi connectivity index (χ1v) is 11.1. The molecule has 1 unspecified atom stereocenters. The summed E-state index contributed by atoms with van der Waals surface area (Å²) >= 11 is 1.30. The second-order valence-corrected chi connectivity index (χ2v) is 9.63. The summed E-state index contributed by atoms with van der Waals surface area (Å²) < 4.78 is 0. The maximum atomic E-state index is 12.1. The largest absolute Gasteiger partial charge is 0.369 e. The van der Waals surface area contributed by atoms with Crippen molar-refractivity contribution in [2.75, 3.05) is 17.7 Å². The Hall–Kier alpha value is -2.87. The third kappa shape index (κ3) is 5.25. The van der Waals surface area contributed by atoms with Gasteiger partial charge in [0, 0.05) is 35.3 Å². The first-order valence-electron chi connectivity index (χ1n) is 10.2. The van der Waals surface area contributed by atoms with Gasteiger partial charge in [-0.05, 0) is 74.1 Å². The van der Waals surface area contributed by atoms with Crippen LogP contribution in [0.4, 0.5) is 11.4 Å². The number of hydrogen-bond donors (Lipinski definition) is 1. The number of aryl methyl sites for hydroxylation is 1. The number of fused-ring (bicyclic) bond motifs is 1. The molecule has 2 aromatic rings. The lowest BCUT2D eigenvalue weighted by Gasteiger charge is -2.45. The molecular weight excluding hydrogens is 412 g/mol. The fraction of sp³-hybridized carbons (Fsp3) is 0.391. The number of nitro benzene ring substituents is 1. The van der Waals surface area contributed by atoms with E-state index in [1.165, 1.54) is 35.1 Å². The van der Waals surface area contributed by atoms with Crippen LogP contribution in [0.1, 0.15) is 49.8 Å². The molecule has 0 fully saturated rings. The van der Waals surface area contributed by atoms with Crippen molar-refractivity contribution in [1.82, 2.24) is 5.43 Å². The molecule has 7 nitrogen and oxygen atoms in total. The lowest BCUT2D eigenvalue weighted by atomic mass is 9.79. The average Bonchev–Trinajstić information content (AvgIpc) is 2.71. The molecule has 1 aliphatic heterocycles. The Kier molecular flexibility index (Phi) is 6.69. The fourth-order valence-corrected chi connectivity index (χ4v) is 4.58.